The van der Waals surface area contributed by atoms with Crippen LogP contribution in [0.4, 0.5) is 8.78 Å². The first-order chi connectivity index (χ1) is 8.20. The second kappa shape index (κ2) is 5.23. The van der Waals surface area contributed by atoms with E-state index in [4.69, 9.17) is 4.74 Å². The summed E-state index contributed by atoms with van der Waals surface area (Å²) in [5.74, 6) is -1.92. The molecule has 5 heteroatoms. The van der Waals surface area contributed by atoms with Crippen LogP contribution in [0.3, 0.4) is 0 Å². The van der Waals surface area contributed by atoms with Crippen molar-refractivity contribution in [3.63, 3.8) is 0 Å². The SMILES string of the molecule is Fc1cccc(Oc2ccc(CBr)cn2)c1F. The minimum absolute atomic E-state index is 0.177. The highest BCUT2D eigenvalue weighted by Gasteiger charge is 2.09. The molecule has 0 fully saturated rings. The van der Waals surface area contributed by atoms with Gasteiger partial charge in [0.1, 0.15) is 0 Å². The number of rotatable bonds is 3. The summed E-state index contributed by atoms with van der Waals surface area (Å²) in [5, 5.41) is 0.675. The molecule has 1 aromatic heterocycles. The Morgan fingerprint density at radius 1 is 1.18 bits per heavy atom. The molecule has 2 rings (SSSR count). The Balaban J connectivity index is 2.22. The molecule has 0 amide bonds. The van der Waals surface area contributed by atoms with Crippen LogP contribution in [0.25, 0.3) is 0 Å². The van der Waals surface area contributed by atoms with Crippen LogP contribution in [0.1, 0.15) is 5.56 Å². The Morgan fingerprint density at radius 2 is 2.00 bits per heavy atom. The predicted molar refractivity (Wildman–Crippen MR) is 63.3 cm³/mol. The van der Waals surface area contributed by atoms with Gasteiger partial charge in [-0.15, -0.1) is 0 Å². The second-order valence-electron chi connectivity index (χ2n) is 3.29. The summed E-state index contributed by atoms with van der Waals surface area (Å²) in [6, 6.07) is 7.14. The van der Waals surface area contributed by atoms with Crippen LogP contribution in [-0.2, 0) is 5.33 Å². The van der Waals surface area contributed by atoms with Crippen molar-refractivity contribution in [2.75, 3.05) is 0 Å². The van der Waals surface area contributed by atoms with Crippen molar-refractivity contribution in [1.29, 1.82) is 0 Å². The summed E-state index contributed by atoms with van der Waals surface area (Å²) < 4.78 is 31.4. The molecular weight excluding hydrogens is 292 g/mol. The lowest BCUT2D eigenvalue weighted by Gasteiger charge is -2.06. The molecule has 0 aliphatic heterocycles. The fourth-order valence-corrected chi connectivity index (χ4v) is 1.56. The van der Waals surface area contributed by atoms with Crippen LogP contribution >= 0.6 is 15.9 Å². The number of aromatic nitrogens is 1. The van der Waals surface area contributed by atoms with E-state index in [9.17, 15) is 8.78 Å². The summed E-state index contributed by atoms with van der Waals surface area (Å²) in [7, 11) is 0. The molecule has 0 bridgehead atoms. The van der Waals surface area contributed by atoms with Gasteiger partial charge in [0, 0.05) is 17.6 Å². The van der Waals surface area contributed by atoms with Crippen LogP contribution < -0.4 is 4.74 Å². The Labute approximate surface area is 105 Å². The third-order valence-corrected chi connectivity index (χ3v) is 2.73. The summed E-state index contributed by atoms with van der Waals surface area (Å²) in [6.07, 6.45) is 1.60. The van der Waals surface area contributed by atoms with Crippen LogP contribution in [0.15, 0.2) is 36.5 Å². The Bertz CT molecular complexity index is 516. The molecule has 0 spiro atoms. The van der Waals surface area contributed by atoms with E-state index >= 15 is 0 Å². The molecule has 0 atom stereocenters. The average molecular weight is 300 g/mol. The van der Waals surface area contributed by atoms with Gasteiger partial charge in [-0.25, -0.2) is 9.37 Å². The van der Waals surface area contributed by atoms with Crippen molar-refractivity contribution in [3.8, 4) is 11.6 Å². The molecule has 0 N–H and O–H groups in total. The molecule has 0 saturated carbocycles. The quantitative estimate of drug-likeness (QED) is 0.798. The largest absolute Gasteiger partial charge is 0.436 e. The van der Waals surface area contributed by atoms with Gasteiger partial charge in [0.05, 0.1) is 0 Å². The monoisotopic (exact) mass is 299 g/mol. The van der Waals surface area contributed by atoms with Gasteiger partial charge in [0.25, 0.3) is 0 Å². The standard InChI is InChI=1S/C12H8BrF2NO/c13-6-8-4-5-11(16-7-8)17-10-3-1-2-9(14)12(10)15/h1-5,7H,6H2. The van der Waals surface area contributed by atoms with Crippen molar-refractivity contribution in [1.82, 2.24) is 4.98 Å². The van der Waals surface area contributed by atoms with Crippen LogP contribution in [-0.4, -0.2) is 4.98 Å². The van der Waals surface area contributed by atoms with Gasteiger partial charge in [-0.2, -0.15) is 4.39 Å². The first-order valence-electron chi connectivity index (χ1n) is 4.83. The van der Waals surface area contributed by atoms with E-state index in [0.29, 0.717) is 5.33 Å². The van der Waals surface area contributed by atoms with E-state index in [-0.39, 0.29) is 11.6 Å². The van der Waals surface area contributed by atoms with Crippen molar-refractivity contribution in [2.45, 2.75) is 5.33 Å². The van der Waals surface area contributed by atoms with Gasteiger partial charge in [-0.3, -0.25) is 0 Å². The number of pyridine rings is 1. The molecule has 88 valence electrons. The minimum Gasteiger partial charge on any atom is -0.436 e. The van der Waals surface area contributed by atoms with Gasteiger partial charge in [-0.1, -0.05) is 28.1 Å². The maximum absolute atomic E-state index is 13.3. The molecule has 0 saturated heterocycles. The molecule has 0 radical (unpaired) electrons. The molecule has 0 aliphatic carbocycles. The molecule has 0 unspecified atom stereocenters. The molecule has 0 aliphatic rings. The lowest BCUT2D eigenvalue weighted by atomic mass is 10.3. The second-order valence-corrected chi connectivity index (χ2v) is 3.85. The van der Waals surface area contributed by atoms with E-state index in [0.717, 1.165) is 11.6 Å². The van der Waals surface area contributed by atoms with Crippen molar-refractivity contribution in [2.24, 2.45) is 0 Å². The molecule has 2 nitrogen and oxygen atoms in total. The molecule has 1 heterocycles. The first kappa shape index (κ1) is 12.0. The molecule has 1 aromatic carbocycles. The lowest BCUT2D eigenvalue weighted by molar-refractivity contribution is 0.405. The Kier molecular flexibility index (Phi) is 3.68. The number of hydrogen-bond donors (Lipinski definition) is 0. The average Bonchev–Trinajstić information content (AvgIpc) is 2.36. The van der Waals surface area contributed by atoms with Gasteiger partial charge >= 0.3 is 0 Å². The zero-order valence-electron chi connectivity index (χ0n) is 8.66. The van der Waals surface area contributed by atoms with Gasteiger partial charge in [0.2, 0.25) is 11.7 Å². The Morgan fingerprint density at radius 3 is 2.65 bits per heavy atom. The van der Waals surface area contributed by atoms with E-state index in [1.807, 2.05) is 0 Å². The Hall–Kier alpha value is -1.49. The smallest absolute Gasteiger partial charge is 0.219 e. The minimum atomic E-state index is -1.01. The number of nitrogens with zero attached hydrogens (tertiary/aromatic N) is 1. The molecule has 17 heavy (non-hydrogen) atoms. The summed E-state index contributed by atoms with van der Waals surface area (Å²) in [4.78, 5) is 3.97. The van der Waals surface area contributed by atoms with Gasteiger partial charge in [-0.05, 0) is 17.7 Å². The summed E-state index contributed by atoms with van der Waals surface area (Å²) in [6.45, 7) is 0. The normalized spacial score (nSPS) is 10.3. The third kappa shape index (κ3) is 2.79. The van der Waals surface area contributed by atoms with Crippen molar-refractivity contribution in [3.05, 3.63) is 53.7 Å². The summed E-state index contributed by atoms with van der Waals surface area (Å²) in [5.41, 5.74) is 0.970. The molecular formula is C12H8BrF2NO. The van der Waals surface area contributed by atoms with Crippen LogP contribution in [0.5, 0.6) is 11.6 Å². The third-order valence-electron chi connectivity index (χ3n) is 2.08. The number of hydrogen-bond acceptors (Lipinski definition) is 2. The number of alkyl halides is 1. The fraction of sp³-hybridized carbons (Fsp3) is 0.0833. The predicted octanol–water partition coefficient (Wildman–Crippen LogP) is 4.05. The van der Waals surface area contributed by atoms with Gasteiger partial charge in [0.15, 0.2) is 11.6 Å². The summed E-state index contributed by atoms with van der Waals surface area (Å²) >= 11 is 3.28. The highest BCUT2D eigenvalue weighted by molar-refractivity contribution is 9.08. The first-order valence-corrected chi connectivity index (χ1v) is 5.95. The van der Waals surface area contributed by atoms with Crippen molar-refractivity contribution >= 4 is 15.9 Å². The number of ether oxygens (including phenoxy) is 1. The maximum atomic E-state index is 13.3. The maximum Gasteiger partial charge on any atom is 0.219 e. The topological polar surface area (TPSA) is 22.1 Å². The fourth-order valence-electron chi connectivity index (χ4n) is 1.23. The van der Waals surface area contributed by atoms with E-state index in [1.165, 1.54) is 12.1 Å². The highest BCUT2D eigenvalue weighted by atomic mass is 79.9. The number of halogens is 3. The van der Waals surface area contributed by atoms with E-state index < -0.39 is 11.6 Å². The molecule has 2 aromatic rings. The zero-order chi connectivity index (χ0) is 12.3. The van der Waals surface area contributed by atoms with E-state index in [1.54, 1.807) is 18.3 Å². The zero-order valence-corrected chi connectivity index (χ0v) is 10.2. The van der Waals surface area contributed by atoms with Gasteiger partial charge < -0.3 is 4.74 Å². The van der Waals surface area contributed by atoms with Crippen LogP contribution in [0.2, 0.25) is 0 Å². The lowest BCUT2D eigenvalue weighted by Crippen LogP contribution is -1.93. The van der Waals surface area contributed by atoms with E-state index in [2.05, 4.69) is 20.9 Å². The van der Waals surface area contributed by atoms with Crippen LogP contribution in [0, 0.1) is 11.6 Å². The highest BCUT2D eigenvalue weighted by Crippen LogP contribution is 2.24. The number of benzene rings is 1. The van der Waals surface area contributed by atoms with Crippen molar-refractivity contribution < 1.29 is 13.5 Å².